The Bertz CT molecular complexity index is 999. The largest absolute Gasteiger partial charge is 0.331 e. The number of halogens is 1. The van der Waals surface area contributed by atoms with Crippen LogP contribution in [0.25, 0.3) is 0 Å². The van der Waals surface area contributed by atoms with Gasteiger partial charge >= 0.3 is 0 Å². The maximum Gasteiger partial charge on any atom is 0.277 e. The van der Waals surface area contributed by atoms with Gasteiger partial charge in [0.1, 0.15) is 5.69 Å². The predicted octanol–water partition coefficient (Wildman–Crippen LogP) is 6.82. The quantitative estimate of drug-likeness (QED) is 0.170. The van der Waals surface area contributed by atoms with E-state index >= 15 is 0 Å². The number of aromatic nitrogens is 1. The first kappa shape index (κ1) is 24.9. The molecule has 0 aliphatic heterocycles. The molecule has 2 aromatic carbocycles. The van der Waals surface area contributed by atoms with Gasteiger partial charge < -0.3 is 14.8 Å². The van der Waals surface area contributed by atoms with E-state index in [0.29, 0.717) is 35.1 Å². The molecule has 0 aliphatic carbocycles. The summed E-state index contributed by atoms with van der Waals surface area (Å²) in [6.07, 6.45) is 5.38. The van der Waals surface area contributed by atoms with Crippen molar-refractivity contribution in [1.82, 2.24) is 4.98 Å². The van der Waals surface area contributed by atoms with Crippen LogP contribution in [0.1, 0.15) is 61.1 Å². The third-order valence-corrected chi connectivity index (χ3v) is 5.42. The lowest BCUT2D eigenvalue weighted by molar-refractivity contribution is -0.228. The summed E-state index contributed by atoms with van der Waals surface area (Å²) in [5, 5.41) is 4.02. The molecular formula is C27H31ClN2O3. The molecule has 3 rings (SSSR count). The molecule has 1 heterocycles. The zero-order valence-electron chi connectivity index (χ0n) is 19.2. The van der Waals surface area contributed by atoms with Crippen LogP contribution in [-0.2, 0) is 15.4 Å². The van der Waals surface area contributed by atoms with Gasteiger partial charge in [0.15, 0.2) is 0 Å². The van der Waals surface area contributed by atoms with Crippen LogP contribution in [0.2, 0.25) is 5.02 Å². The molecule has 6 heteroatoms. The van der Waals surface area contributed by atoms with Gasteiger partial charge in [-0.25, -0.2) is 0 Å². The standard InChI is InChI=1S/C27H31ClN2O3/c1-3-5-18-32-27(33-19-6-4-2,30-24-10-8-7-9-11-24)22-16-17-29-25(20-22)26(31)21-12-14-23(28)15-13-21/h7-17,20,30H,3-6,18-19H2,1-2H3. The van der Waals surface area contributed by atoms with Crippen molar-refractivity contribution < 1.29 is 14.3 Å². The van der Waals surface area contributed by atoms with E-state index in [1.165, 1.54) is 0 Å². The molecular weight excluding hydrogens is 436 g/mol. The van der Waals surface area contributed by atoms with E-state index < -0.39 is 5.91 Å². The number of rotatable bonds is 13. The van der Waals surface area contributed by atoms with Crippen LogP contribution in [0.15, 0.2) is 72.9 Å². The van der Waals surface area contributed by atoms with E-state index in [0.717, 1.165) is 31.4 Å². The van der Waals surface area contributed by atoms with Crippen LogP contribution in [-0.4, -0.2) is 24.0 Å². The van der Waals surface area contributed by atoms with Gasteiger partial charge in [-0.2, -0.15) is 0 Å². The van der Waals surface area contributed by atoms with E-state index in [1.54, 1.807) is 36.5 Å². The Morgan fingerprint density at radius 3 is 2.18 bits per heavy atom. The molecule has 0 spiro atoms. The number of hydrogen-bond acceptors (Lipinski definition) is 5. The topological polar surface area (TPSA) is 60.4 Å². The summed E-state index contributed by atoms with van der Waals surface area (Å²) >= 11 is 5.98. The normalized spacial score (nSPS) is 11.4. The lowest BCUT2D eigenvalue weighted by Crippen LogP contribution is -2.42. The second-order valence-corrected chi connectivity index (χ2v) is 8.21. The van der Waals surface area contributed by atoms with Gasteiger partial charge in [0.05, 0.1) is 13.2 Å². The van der Waals surface area contributed by atoms with Gasteiger partial charge in [0, 0.05) is 28.0 Å². The van der Waals surface area contributed by atoms with Crippen LogP contribution in [0.3, 0.4) is 0 Å². The van der Waals surface area contributed by atoms with Gasteiger partial charge in [-0.3, -0.25) is 9.78 Å². The zero-order chi connectivity index (χ0) is 23.5. The summed E-state index contributed by atoms with van der Waals surface area (Å²) in [6.45, 7) is 5.24. The molecule has 0 aliphatic rings. The number of nitrogens with one attached hydrogen (secondary N) is 1. The molecule has 5 nitrogen and oxygen atoms in total. The van der Waals surface area contributed by atoms with Gasteiger partial charge in [0.2, 0.25) is 5.78 Å². The first-order valence-corrected chi connectivity index (χ1v) is 11.8. The number of ketones is 1. The fraction of sp³-hybridized carbons (Fsp3) is 0.333. The van der Waals surface area contributed by atoms with Crippen LogP contribution >= 0.6 is 11.6 Å². The van der Waals surface area contributed by atoms with Crippen molar-refractivity contribution in [2.45, 2.75) is 45.4 Å². The number of unbranched alkanes of at least 4 members (excludes halogenated alkanes) is 2. The molecule has 1 N–H and O–H groups in total. The summed E-state index contributed by atoms with van der Waals surface area (Å²) < 4.78 is 12.7. The van der Waals surface area contributed by atoms with Crippen molar-refractivity contribution in [3.63, 3.8) is 0 Å². The van der Waals surface area contributed by atoms with E-state index in [2.05, 4.69) is 24.1 Å². The van der Waals surface area contributed by atoms with E-state index in [1.807, 2.05) is 36.4 Å². The lowest BCUT2D eigenvalue weighted by atomic mass is 10.0. The SMILES string of the molecule is CCCCOC(Nc1ccccc1)(OCCCC)c1ccnc(C(=O)c2ccc(Cl)cc2)c1. The summed E-state index contributed by atoms with van der Waals surface area (Å²) in [7, 11) is 0. The van der Waals surface area contributed by atoms with Crippen molar-refractivity contribution in [3.05, 3.63) is 94.8 Å². The number of carbonyl (C=O) groups excluding carboxylic acids is 1. The molecule has 0 fully saturated rings. The Morgan fingerprint density at radius 1 is 0.939 bits per heavy atom. The van der Waals surface area contributed by atoms with E-state index in [9.17, 15) is 4.79 Å². The van der Waals surface area contributed by atoms with Gasteiger partial charge in [-0.1, -0.05) is 56.5 Å². The molecule has 0 atom stereocenters. The minimum absolute atomic E-state index is 0.191. The van der Waals surface area contributed by atoms with Crippen molar-refractivity contribution >= 4 is 23.1 Å². The molecule has 0 saturated carbocycles. The van der Waals surface area contributed by atoms with Crippen molar-refractivity contribution in [2.24, 2.45) is 0 Å². The number of para-hydroxylation sites is 1. The van der Waals surface area contributed by atoms with Crippen molar-refractivity contribution in [2.75, 3.05) is 18.5 Å². The Kier molecular flexibility index (Phi) is 9.43. The van der Waals surface area contributed by atoms with Crippen LogP contribution in [0.4, 0.5) is 5.69 Å². The minimum Gasteiger partial charge on any atom is -0.331 e. The summed E-state index contributed by atoms with van der Waals surface area (Å²) in [5.74, 6) is -1.44. The number of hydrogen-bond donors (Lipinski definition) is 1. The molecule has 0 radical (unpaired) electrons. The average Bonchev–Trinajstić information content (AvgIpc) is 2.85. The summed E-state index contributed by atoms with van der Waals surface area (Å²) in [4.78, 5) is 17.4. The zero-order valence-corrected chi connectivity index (χ0v) is 20.0. The number of anilines is 1. The smallest absolute Gasteiger partial charge is 0.277 e. The molecule has 0 amide bonds. The highest BCUT2D eigenvalue weighted by Gasteiger charge is 2.36. The number of pyridine rings is 1. The Hall–Kier alpha value is -2.73. The Labute approximate surface area is 201 Å². The van der Waals surface area contributed by atoms with E-state index in [4.69, 9.17) is 21.1 Å². The molecule has 3 aromatic rings. The summed E-state index contributed by atoms with van der Waals surface area (Å²) in [5.41, 5.74) is 2.37. The fourth-order valence-corrected chi connectivity index (χ4v) is 3.42. The number of benzene rings is 2. The second-order valence-electron chi connectivity index (χ2n) is 7.78. The maximum atomic E-state index is 13.1. The number of ether oxygens (including phenoxy) is 2. The van der Waals surface area contributed by atoms with Crippen LogP contribution in [0.5, 0.6) is 0 Å². The van der Waals surface area contributed by atoms with E-state index in [-0.39, 0.29) is 5.78 Å². The third kappa shape index (κ3) is 6.87. The molecule has 0 saturated heterocycles. The predicted molar refractivity (Wildman–Crippen MR) is 133 cm³/mol. The average molecular weight is 467 g/mol. The van der Waals surface area contributed by atoms with Crippen molar-refractivity contribution in [1.29, 1.82) is 0 Å². The lowest BCUT2D eigenvalue weighted by Gasteiger charge is -2.36. The van der Waals surface area contributed by atoms with Gasteiger partial charge in [0.25, 0.3) is 5.91 Å². The molecule has 0 unspecified atom stereocenters. The first-order chi connectivity index (χ1) is 16.1. The van der Waals surface area contributed by atoms with Gasteiger partial charge in [-0.05, 0) is 61.4 Å². The Balaban J connectivity index is 2.00. The minimum atomic E-state index is -1.25. The summed E-state index contributed by atoms with van der Waals surface area (Å²) in [6, 6.07) is 20.1. The van der Waals surface area contributed by atoms with Crippen molar-refractivity contribution in [3.8, 4) is 0 Å². The second kappa shape index (κ2) is 12.5. The van der Waals surface area contributed by atoms with Crippen LogP contribution < -0.4 is 5.32 Å². The fourth-order valence-electron chi connectivity index (χ4n) is 3.29. The van der Waals surface area contributed by atoms with Crippen LogP contribution in [0, 0.1) is 0 Å². The van der Waals surface area contributed by atoms with Gasteiger partial charge in [-0.15, -0.1) is 0 Å². The highest BCUT2D eigenvalue weighted by Crippen LogP contribution is 2.31. The third-order valence-electron chi connectivity index (χ3n) is 5.17. The molecule has 33 heavy (non-hydrogen) atoms. The maximum absolute atomic E-state index is 13.1. The first-order valence-electron chi connectivity index (χ1n) is 11.5. The highest BCUT2D eigenvalue weighted by atomic mass is 35.5. The Morgan fingerprint density at radius 2 is 1.58 bits per heavy atom. The molecule has 1 aromatic heterocycles. The highest BCUT2D eigenvalue weighted by molar-refractivity contribution is 6.30. The number of carbonyl (C=O) groups is 1. The molecule has 0 bridgehead atoms. The molecule has 174 valence electrons. The monoisotopic (exact) mass is 466 g/mol. The number of nitrogens with zero attached hydrogens (tertiary/aromatic N) is 1.